The van der Waals surface area contributed by atoms with Crippen molar-refractivity contribution in [3.05, 3.63) is 126 Å². The molecular weight excluding hydrogens is 548 g/mol. The van der Waals surface area contributed by atoms with Gasteiger partial charge < -0.3 is 15.5 Å². The van der Waals surface area contributed by atoms with Gasteiger partial charge in [0.05, 0.1) is 5.69 Å². The Kier molecular flexibility index (Phi) is 8.48. The van der Waals surface area contributed by atoms with Gasteiger partial charge in [-0.05, 0) is 61.4 Å². The molecule has 1 aliphatic heterocycles. The lowest BCUT2D eigenvalue weighted by Gasteiger charge is -2.23. The van der Waals surface area contributed by atoms with Crippen LogP contribution in [-0.4, -0.2) is 36.2 Å². The molecular formula is C35H31F2N3O3. The van der Waals surface area contributed by atoms with Gasteiger partial charge in [0, 0.05) is 53.0 Å². The van der Waals surface area contributed by atoms with E-state index in [0.29, 0.717) is 16.9 Å². The van der Waals surface area contributed by atoms with Crippen molar-refractivity contribution in [2.45, 2.75) is 32.2 Å². The summed E-state index contributed by atoms with van der Waals surface area (Å²) in [7, 11) is 0. The van der Waals surface area contributed by atoms with E-state index >= 15 is 8.78 Å². The summed E-state index contributed by atoms with van der Waals surface area (Å²) in [6, 6.07) is 29.4. The lowest BCUT2D eigenvalue weighted by Crippen LogP contribution is -2.33. The zero-order valence-corrected chi connectivity index (χ0v) is 23.8. The number of hydrogen-bond donors (Lipinski definition) is 2. The Morgan fingerprint density at radius 2 is 1.44 bits per heavy atom. The summed E-state index contributed by atoms with van der Waals surface area (Å²) in [5.41, 5.74) is 2.95. The molecule has 3 amide bonds. The first-order valence-corrected chi connectivity index (χ1v) is 14.0. The Morgan fingerprint density at radius 1 is 0.814 bits per heavy atom. The molecule has 0 saturated heterocycles. The molecule has 4 aromatic rings. The third kappa shape index (κ3) is 6.54. The number of amides is 3. The molecule has 1 aliphatic rings. The molecule has 5 rings (SSSR count). The van der Waals surface area contributed by atoms with Gasteiger partial charge in [-0.2, -0.15) is 0 Å². The van der Waals surface area contributed by atoms with Gasteiger partial charge in [0.1, 0.15) is 0 Å². The van der Waals surface area contributed by atoms with E-state index in [2.05, 4.69) is 10.6 Å². The van der Waals surface area contributed by atoms with Crippen LogP contribution in [0.2, 0.25) is 0 Å². The van der Waals surface area contributed by atoms with Gasteiger partial charge in [-0.25, -0.2) is 8.78 Å². The van der Waals surface area contributed by atoms with Gasteiger partial charge in [0.15, 0.2) is 0 Å². The largest absolute Gasteiger partial charge is 0.350 e. The Bertz CT molecular complexity index is 1680. The molecule has 0 saturated carbocycles. The van der Waals surface area contributed by atoms with Crippen LogP contribution in [0.1, 0.15) is 46.5 Å². The molecule has 2 N–H and O–H groups in total. The number of nitrogens with zero attached hydrogens (tertiary/aromatic N) is 1. The van der Waals surface area contributed by atoms with Crippen LogP contribution < -0.4 is 15.5 Å². The van der Waals surface area contributed by atoms with Crippen molar-refractivity contribution in [2.75, 3.05) is 16.8 Å². The zero-order valence-electron chi connectivity index (χ0n) is 23.8. The number of hydrogen-bond acceptors (Lipinski definition) is 3. The van der Waals surface area contributed by atoms with Gasteiger partial charge in [-0.15, -0.1) is 0 Å². The molecule has 0 radical (unpaired) electrons. The van der Waals surface area contributed by atoms with Crippen molar-refractivity contribution in [2.24, 2.45) is 0 Å². The van der Waals surface area contributed by atoms with E-state index in [4.69, 9.17) is 0 Å². The first-order chi connectivity index (χ1) is 20.6. The highest BCUT2D eigenvalue weighted by Crippen LogP contribution is 2.43. The Hall–Kier alpha value is -5.11. The maximum absolute atomic E-state index is 15.4. The van der Waals surface area contributed by atoms with Crippen molar-refractivity contribution in [3.8, 4) is 11.1 Å². The zero-order chi connectivity index (χ0) is 30.6. The normalized spacial score (nSPS) is 15.0. The van der Waals surface area contributed by atoms with Crippen molar-refractivity contribution in [3.63, 3.8) is 0 Å². The lowest BCUT2D eigenvalue weighted by atomic mass is 9.97. The fraction of sp³-hybridized carbons (Fsp3) is 0.171. The number of nitrogens with one attached hydrogen (secondary N) is 2. The highest BCUT2D eigenvalue weighted by Gasteiger charge is 2.41. The van der Waals surface area contributed by atoms with Gasteiger partial charge in [-0.1, -0.05) is 66.7 Å². The van der Waals surface area contributed by atoms with E-state index in [1.165, 1.54) is 11.0 Å². The highest BCUT2D eigenvalue weighted by atomic mass is 19.3. The fourth-order valence-electron chi connectivity index (χ4n) is 5.09. The summed E-state index contributed by atoms with van der Waals surface area (Å²) in [5, 5.41) is 5.50. The first kappa shape index (κ1) is 29.4. The predicted octanol–water partition coefficient (Wildman–Crippen LogP) is 7.20. The second-order valence-electron chi connectivity index (χ2n) is 10.6. The predicted molar refractivity (Wildman–Crippen MR) is 165 cm³/mol. The maximum atomic E-state index is 15.4. The molecule has 6 nitrogen and oxygen atoms in total. The molecule has 4 aromatic carbocycles. The number of carbonyl (C=O) groups excluding carboxylic acids is 3. The van der Waals surface area contributed by atoms with E-state index < -0.39 is 29.7 Å². The van der Waals surface area contributed by atoms with E-state index in [-0.39, 0.29) is 29.6 Å². The van der Waals surface area contributed by atoms with Crippen LogP contribution >= 0.6 is 0 Å². The number of fused-ring (bicyclic) bond motifs is 1. The molecule has 1 heterocycles. The minimum atomic E-state index is -3.33. The number of carbonyl (C=O) groups is 3. The van der Waals surface area contributed by atoms with Crippen LogP contribution in [0.3, 0.4) is 0 Å². The number of halogens is 2. The molecule has 8 heteroatoms. The number of rotatable bonds is 6. The monoisotopic (exact) mass is 579 g/mol. The summed E-state index contributed by atoms with van der Waals surface area (Å²) in [4.78, 5) is 40.6. The van der Waals surface area contributed by atoms with Gasteiger partial charge in [-0.3, -0.25) is 14.4 Å². The van der Waals surface area contributed by atoms with Crippen molar-refractivity contribution in [1.82, 2.24) is 5.32 Å². The molecule has 43 heavy (non-hydrogen) atoms. The molecule has 0 atom stereocenters. The minimum absolute atomic E-state index is 0.123. The summed E-state index contributed by atoms with van der Waals surface area (Å²) in [6.45, 7) is 3.24. The van der Waals surface area contributed by atoms with E-state index in [9.17, 15) is 14.4 Å². The fourth-order valence-corrected chi connectivity index (χ4v) is 5.09. The van der Waals surface area contributed by atoms with Crippen LogP contribution in [-0.2, 0) is 4.79 Å². The quantitative estimate of drug-likeness (QED) is 0.237. The first-order valence-electron chi connectivity index (χ1n) is 14.0. The Balaban J connectivity index is 1.38. The third-order valence-electron chi connectivity index (χ3n) is 7.13. The SMILES string of the molecule is CC(C)NC(=O)/C=C1\c2ccccc2N(C(=O)c2ccc(NC(=O)c3ccccc3-c3ccccc3)cc2)CCC1(F)F. The topological polar surface area (TPSA) is 78.5 Å². The molecule has 0 spiro atoms. The van der Waals surface area contributed by atoms with Crippen LogP contribution in [0.4, 0.5) is 20.2 Å². The number of alkyl halides is 2. The van der Waals surface area contributed by atoms with E-state index in [0.717, 1.165) is 17.2 Å². The number of anilines is 2. The van der Waals surface area contributed by atoms with Crippen molar-refractivity contribution < 1.29 is 23.2 Å². The molecule has 0 aromatic heterocycles. The van der Waals surface area contributed by atoms with Gasteiger partial charge in [0.25, 0.3) is 17.7 Å². The highest BCUT2D eigenvalue weighted by molar-refractivity contribution is 6.11. The standard InChI is InChI=1S/C35H31F2N3O3/c1-23(2)38-32(41)22-30-29-14-8-9-15-31(29)40(21-20-35(30,36)37)34(43)25-16-18-26(19-17-25)39-33(42)28-13-7-6-12-27(28)24-10-4-3-5-11-24/h3-19,22-23H,20-21H2,1-2H3,(H,38,41)(H,39,42)/b30-22+. The Morgan fingerprint density at radius 3 is 2.14 bits per heavy atom. The third-order valence-corrected chi connectivity index (χ3v) is 7.13. The van der Waals surface area contributed by atoms with Crippen LogP contribution in [0.5, 0.6) is 0 Å². The molecule has 0 unspecified atom stereocenters. The number of benzene rings is 4. The lowest BCUT2D eigenvalue weighted by molar-refractivity contribution is -0.117. The van der Waals surface area contributed by atoms with Crippen LogP contribution in [0.15, 0.2) is 109 Å². The molecule has 218 valence electrons. The molecule has 0 fully saturated rings. The summed E-state index contributed by atoms with van der Waals surface area (Å²) in [5.74, 6) is -4.72. The van der Waals surface area contributed by atoms with E-state index in [1.807, 2.05) is 42.5 Å². The van der Waals surface area contributed by atoms with E-state index in [1.54, 1.807) is 68.4 Å². The van der Waals surface area contributed by atoms with Gasteiger partial charge in [0.2, 0.25) is 5.91 Å². The molecule has 0 aliphatic carbocycles. The van der Waals surface area contributed by atoms with Crippen LogP contribution in [0, 0.1) is 0 Å². The van der Waals surface area contributed by atoms with Crippen LogP contribution in [0.25, 0.3) is 16.7 Å². The van der Waals surface area contributed by atoms with Gasteiger partial charge >= 0.3 is 0 Å². The molecule has 0 bridgehead atoms. The second-order valence-corrected chi connectivity index (χ2v) is 10.6. The Labute approximate surface area is 249 Å². The average molecular weight is 580 g/mol. The average Bonchev–Trinajstić information content (AvgIpc) is 3.11. The summed E-state index contributed by atoms with van der Waals surface area (Å²) in [6.07, 6.45) is 0.281. The maximum Gasteiger partial charge on any atom is 0.275 e. The van der Waals surface area contributed by atoms with Crippen molar-refractivity contribution >= 4 is 34.7 Å². The van der Waals surface area contributed by atoms with Crippen molar-refractivity contribution in [1.29, 1.82) is 0 Å². The number of para-hydroxylation sites is 1. The number of allylic oxidation sites excluding steroid dienone is 1. The minimum Gasteiger partial charge on any atom is -0.350 e. The summed E-state index contributed by atoms with van der Waals surface area (Å²) >= 11 is 0. The summed E-state index contributed by atoms with van der Waals surface area (Å²) < 4.78 is 30.7. The smallest absolute Gasteiger partial charge is 0.275 e. The second kappa shape index (κ2) is 12.4.